The monoisotopic (exact) mass is 540 g/mol. The van der Waals surface area contributed by atoms with Crippen molar-refractivity contribution in [3.8, 4) is 0 Å². The van der Waals surface area contributed by atoms with Crippen LogP contribution in [0.4, 0.5) is 0 Å². The highest BCUT2D eigenvalue weighted by molar-refractivity contribution is 14.0. The summed E-state index contributed by atoms with van der Waals surface area (Å²) in [5.74, 6) is 0.839. The molecule has 1 fully saturated rings. The molecule has 7 nitrogen and oxygen atoms in total. The standard InChI is InChI=1S/C23H36N6O.HI/c1-6-24-23(25-15-21-18(3)27-28(5)19(21)4)26-16-22(29-10-12-30-13-11-29)20-9-7-8-17(2)14-20;/h7-9,14,22H,6,10-13,15-16H2,1-5H3,(H2,24,25,26);1H. The van der Waals surface area contributed by atoms with E-state index in [1.54, 1.807) is 0 Å². The van der Waals surface area contributed by atoms with Crippen LogP contribution in [0, 0.1) is 20.8 Å². The summed E-state index contributed by atoms with van der Waals surface area (Å²) in [7, 11) is 1.98. The molecule has 1 aliphatic rings. The van der Waals surface area contributed by atoms with Crippen molar-refractivity contribution in [2.45, 2.75) is 40.3 Å². The van der Waals surface area contributed by atoms with Crippen LogP contribution in [-0.2, 0) is 18.3 Å². The fourth-order valence-electron chi connectivity index (χ4n) is 3.96. The molecule has 0 saturated carbocycles. The zero-order valence-electron chi connectivity index (χ0n) is 19.4. The largest absolute Gasteiger partial charge is 0.379 e. The Labute approximate surface area is 203 Å². The average molecular weight is 540 g/mol. The smallest absolute Gasteiger partial charge is 0.191 e. The molecule has 31 heavy (non-hydrogen) atoms. The minimum absolute atomic E-state index is 0. The van der Waals surface area contributed by atoms with Gasteiger partial charge in [-0.1, -0.05) is 29.8 Å². The van der Waals surface area contributed by atoms with Gasteiger partial charge in [0.1, 0.15) is 0 Å². The van der Waals surface area contributed by atoms with Gasteiger partial charge in [0.25, 0.3) is 0 Å². The molecule has 0 amide bonds. The zero-order valence-corrected chi connectivity index (χ0v) is 21.8. The Morgan fingerprint density at radius 3 is 2.55 bits per heavy atom. The third-order valence-corrected chi connectivity index (χ3v) is 5.77. The average Bonchev–Trinajstić information content (AvgIpc) is 2.98. The Balaban J connectivity index is 0.00000341. The molecule has 2 aromatic rings. The Morgan fingerprint density at radius 1 is 1.19 bits per heavy atom. The van der Waals surface area contributed by atoms with Gasteiger partial charge in [-0.25, -0.2) is 4.99 Å². The maximum absolute atomic E-state index is 5.58. The number of ether oxygens (including phenoxy) is 1. The number of aliphatic imine (C=N–C) groups is 1. The third kappa shape index (κ3) is 6.92. The van der Waals surface area contributed by atoms with E-state index in [0.717, 1.165) is 56.7 Å². The highest BCUT2D eigenvalue weighted by Gasteiger charge is 2.23. The molecule has 3 rings (SSSR count). The van der Waals surface area contributed by atoms with E-state index >= 15 is 0 Å². The van der Waals surface area contributed by atoms with Crippen LogP contribution < -0.4 is 10.6 Å². The second kappa shape index (κ2) is 12.4. The van der Waals surface area contributed by atoms with Gasteiger partial charge < -0.3 is 15.4 Å². The van der Waals surface area contributed by atoms with Crippen LogP contribution in [-0.4, -0.2) is 60.0 Å². The molecule has 2 heterocycles. The first kappa shape index (κ1) is 25.6. The van der Waals surface area contributed by atoms with E-state index in [4.69, 9.17) is 9.73 Å². The lowest BCUT2D eigenvalue weighted by molar-refractivity contribution is 0.0170. The topological polar surface area (TPSA) is 66.7 Å². The van der Waals surface area contributed by atoms with E-state index in [-0.39, 0.29) is 30.0 Å². The molecule has 0 radical (unpaired) electrons. The van der Waals surface area contributed by atoms with Crippen molar-refractivity contribution in [3.63, 3.8) is 0 Å². The summed E-state index contributed by atoms with van der Waals surface area (Å²) in [5, 5.41) is 11.5. The van der Waals surface area contributed by atoms with Crippen molar-refractivity contribution < 1.29 is 4.74 Å². The van der Waals surface area contributed by atoms with Gasteiger partial charge in [0.2, 0.25) is 0 Å². The first-order chi connectivity index (χ1) is 14.5. The summed E-state index contributed by atoms with van der Waals surface area (Å²) in [5.41, 5.74) is 6.02. The van der Waals surface area contributed by atoms with Crippen LogP contribution >= 0.6 is 24.0 Å². The molecule has 1 unspecified atom stereocenters. The molecule has 1 aromatic heterocycles. The summed E-state index contributed by atoms with van der Waals surface area (Å²) in [6, 6.07) is 9.08. The number of halogens is 1. The van der Waals surface area contributed by atoms with Crippen molar-refractivity contribution in [1.29, 1.82) is 0 Å². The molecule has 8 heteroatoms. The second-order valence-electron chi connectivity index (χ2n) is 7.93. The summed E-state index contributed by atoms with van der Waals surface area (Å²) < 4.78 is 7.50. The van der Waals surface area contributed by atoms with E-state index in [2.05, 4.69) is 65.7 Å². The first-order valence-corrected chi connectivity index (χ1v) is 10.9. The molecule has 1 atom stereocenters. The van der Waals surface area contributed by atoms with E-state index in [9.17, 15) is 0 Å². The maximum Gasteiger partial charge on any atom is 0.191 e. The molecule has 1 saturated heterocycles. The maximum atomic E-state index is 5.58. The molecule has 0 spiro atoms. The van der Waals surface area contributed by atoms with Crippen LogP contribution in [0.5, 0.6) is 0 Å². The van der Waals surface area contributed by atoms with Gasteiger partial charge in [0, 0.05) is 44.5 Å². The number of benzene rings is 1. The number of nitrogens with one attached hydrogen (secondary N) is 2. The molecule has 1 aromatic carbocycles. The Hall–Kier alpha value is -1.65. The predicted octanol–water partition coefficient (Wildman–Crippen LogP) is 3.09. The highest BCUT2D eigenvalue weighted by Crippen LogP contribution is 2.22. The molecule has 0 bridgehead atoms. The number of aryl methyl sites for hydroxylation is 3. The van der Waals surface area contributed by atoms with Crippen LogP contribution in [0.25, 0.3) is 0 Å². The van der Waals surface area contributed by atoms with Gasteiger partial charge in [-0.3, -0.25) is 9.58 Å². The SMILES string of the molecule is CCNC(=NCc1c(C)nn(C)c1C)NCC(c1cccc(C)c1)N1CCOCC1.I. The van der Waals surface area contributed by atoms with Crippen LogP contribution in [0.1, 0.15) is 41.0 Å². The zero-order chi connectivity index (χ0) is 21.5. The van der Waals surface area contributed by atoms with Crippen molar-refractivity contribution in [3.05, 3.63) is 52.3 Å². The minimum Gasteiger partial charge on any atom is -0.379 e. The summed E-state index contributed by atoms with van der Waals surface area (Å²) in [4.78, 5) is 7.35. The number of guanidine groups is 1. The molecular weight excluding hydrogens is 503 g/mol. The lowest BCUT2D eigenvalue weighted by atomic mass is 10.0. The first-order valence-electron chi connectivity index (χ1n) is 10.9. The number of nitrogens with zero attached hydrogens (tertiary/aromatic N) is 4. The summed E-state index contributed by atoms with van der Waals surface area (Å²) in [6.07, 6.45) is 0. The normalized spacial score (nSPS) is 16.0. The van der Waals surface area contributed by atoms with Gasteiger partial charge in [0.05, 0.1) is 31.5 Å². The van der Waals surface area contributed by atoms with Crippen LogP contribution in [0.3, 0.4) is 0 Å². The fourth-order valence-corrected chi connectivity index (χ4v) is 3.96. The van der Waals surface area contributed by atoms with E-state index in [0.29, 0.717) is 6.54 Å². The lowest BCUT2D eigenvalue weighted by Gasteiger charge is -2.35. The van der Waals surface area contributed by atoms with E-state index < -0.39 is 0 Å². The lowest BCUT2D eigenvalue weighted by Crippen LogP contribution is -2.46. The highest BCUT2D eigenvalue weighted by atomic mass is 127. The van der Waals surface area contributed by atoms with E-state index in [1.807, 2.05) is 18.7 Å². The predicted molar refractivity (Wildman–Crippen MR) is 137 cm³/mol. The summed E-state index contributed by atoms with van der Waals surface area (Å²) in [6.45, 7) is 14.1. The number of aromatic nitrogens is 2. The number of morpholine rings is 1. The van der Waals surface area contributed by atoms with Crippen LogP contribution in [0.2, 0.25) is 0 Å². The van der Waals surface area contributed by atoms with Gasteiger partial charge in [-0.2, -0.15) is 5.10 Å². The minimum atomic E-state index is 0. The van der Waals surface area contributed by atoms with Crippen molar-refractivity contribution in [2.75, 3.05) is 39.4 Å². The molecule has 172 valence electrons. The van der Waals surface area contributed by atoms with Crippen LogP contribution in [0.15, 0.2) is 29.3 Å². The van der Waals surface area contributed by atoms with Crippen molar-refractivity contribution in [2.24, 2.45) is 12.0 Å². The third-order valence-electron chi connectivity index (χ3n) is 5.77. The molecule has 1 aliphatic heterocycles. The number of rotatable bonds is 7. The van der Waals surface area contributed by atoms with Gasteiger partial charge in [-0.05, 0) is 33.3 Å². The van der Waals surface area contributed by atoms with Gasteiger partial charge in [-0.15, -0.1) is 24.0 Å². The Bertz CT molecular complexity index is 860. The number of hydrogen-bond acceptors (Lipinski definition) is 4. The second-order valence-corrected chi connectivity index (χ2v) is 7.93. The molecule has 0 aliphatic carbocycles. The van der Waals surface area contributed by atoms with Gasteiger partial charge >= 0.3 is 0 Å². The molecule has 2 N–H and O–H groups in total. The Morgan fingerprint density at radius 2 is 1.94 bits per heavy atom. The van der Waals surface area contributed by atoms with E-state index in [1.165, 1.54) is 16.7 Å². The van der Waals surface area contributed by atoms with Gasteiger partial charge in [0.15, 0.2) is 5.96 Å². The fraction of sp³-hybridized carbons (Fsp3) is 0.565. The summed E-state index contributed by atoms with van der Waals surface area (Å²) >= 11 is 0. The Kier molecular flexibility index (Phi) is 10.2. The van der Waals surface area contributed by atoms with Crippen molar-refractivity contribution >= 4 is 29.9 Å². The quantitative estimate of drug-likeness (QED) is 0.321. The molecular formula is C23H37IN6O. The van der Waals surface area contributed by atoms with Crippen molar-refractivity contribution in [1.82, 2.24) is 25.3 Å². The number of hydrogen-bond donors (Lipinski definition) is 2.